The third kappa shape index (κ3) is 4.09. The number of nitrogens with one attached hydrogen (secondary N) is 1. The number of furan rings is 1. The van der Waals surface area contributed by atoms with Crippen LogP contribution in [-0.2, 0) is 20.9 Å². The lowest BCUT2D eigenvalue weighted by molar-refractivity contribution is -0.122. The van der Waals surface area contributed by atoms with Gasteiger partial charge in [-0.05, 0) is 37.3 Å². The zero-order valence-electron chi connectivity index (χ0n) is 16.3. The number of benzene rings is 1. The van der Waals surface area contributed by atoms with Gasteiger partial charge in [-0.3, -0.25) is 14.3 Å². The molecule has 30 heavy (non-hydrogen) atoms. The van der Waals surface area contributed by atoms with Gasteiger partial charge in [0.05, 0.1) is 17.9 Å². The summed E-state index contributed by atoms with van der Waals surface area (Å²) in [6.07, 6.45) is 3.57. The molecule has 2 aromatic heterocycles. The Hall–Kier alpha value is -3.88. The number of anilines is 2. The maximum atomic E-state index is 12.9. The molecule has 1 aliphatic heterocycles. The first-order valence-electron chi connectivity index (χ1n) is 9.45. The average molecular weight is 408 g/mol. The molecule has 2 amide bonds. The SMILES string of the molecule is CC1CC(=O)Nc2ccccc2N1C(=O)COC(=O)c1ccc(Cn2cccn2)o1. The van der Waals surface area contributed by atoms with E-state index in [-0.39, 0.29) is 24.1 Å². The van der Waals surface area contributed by atoms with E-state index in [1.54, 1.807) is 60.4 Å². The van der Waals surface area contributed by atoms with Crippen LogP contribution in [0.4, 0.5) is 11.4 Å². The molecular formula is C21H20N4O5. The highest BCUT2D eigenvalue weighted by atomic mass is 16.5. The van der Waals surface area contributed by atoms with Crippen LogP contribution in [0.3, 0.4) is 0 Å². The van der Waals surface area contributed by atoms with Crippen molar-refractivity contribution in [1.29, 1.82) is 0 Å². The number of rotatable bonds is 5. The van der Waals surface area contributed by atoms with E-state index in [1.807, 2.05) is 0 Å². The summed E-state index contributed by atoms with van der Waals surface area (Å²) in [7, 11) is 0. The van der Waals surface area contributed by atoms with Gasteiger partial charge < -0.3 is 19.4 Å². The van der Waals surface area contributed by atoms with E-state index >= 15 is 0 Å². The number of fused-ring (bicyclic) bond motifs is 1. The second kappa shape index (κ2) is 8.24. The van der Waals surface area contributed by atoms with Gasteiger partial charge in [0.2, 0.25) is 11.7 Å². The van der Waals surface area contributed by atoms with Crippen molar-refractivity contribution in [3.63, 3.8) is 0 Å². The number of para-hydroxylation sites is 2. The number of aromatic nitrogens is 2. The standard InChI is InChI=1S/C21H20N4O5/c1-14-11-19(26)23-16-5-2-3-6-17(16)25(14)20(27)13-29-21(28)18-8-7-15(30-18)12-24-10-4-9-22-24/h2-10,14H,11-13H2,1H3,(H,23,26). The molecule has 9 heteroatoms. The minimum Gasteiger partial charge on any atom is -0.452 e. The predicted molar refractivity (Wildman–Crippen MR) is 107 cm³/mol. The molecule has 1 aliphatic rings. The Morgan fingerprint density at radius 3 is 2.87 bits per heavy atom. The summed E-state index contributed by atoms with van der Waals surface area (Å²) in [4.78, 5) is 38.7. The summed E-state index contributed by atoms with van der Waals surface area (Å²) in [5, 5.41) is 6.86. The van der Waals surface area contributed by atoms with Crippen molar-refractivity contribution in [2.24, 2.45) is 0 Å². The van der Waals surface area contributed by atoms with Crippen LogP contribution >= 0.6 is 0 Å². The second-order valence-electron chi connectivity index (χ2n) is 6.93. The quantitative estimate of drug-likeness (QED) is 0.650. The summed E-state index contributed by atoms with van der Waals surface area (Å²) in [6, 6.07) is 11.6. The van der Waals surface area contributed by atoms with E-state index in [1.165, 1.54) is 11.0 Å². The molecule has 4 rings (SSSR count). The van der Waals surface area contributed by atoms with Gasteiger partial charge in [0.25, 0.3) is 5.91 Å². The van der Waals surface area contributed by atoms with Crippen LogP contribution in [0.1, 0.15) is 29.7 Å². The van der Waals surface area contributed by atoms with Crippen molar-refractivity contribution in [1.82, 2.24) is 9.78 Å². The maximum absolute atomic E-state index is 12.9. The van der Waals surface area contributed by atoms with E-state index in [2.05, 4.69) is 10.4 Å². The Kier molecular flexibility index (Phi) is 5.34. The van der Waals surface area contributed by atoms with Gasteiger partial charge in [0.15, 0.2) is 6.61 Å². The molecule has 9 nitrogen and oxygen atoms in total. The molecule has 1 unspecified atom stereocenters. The highest BCUT2D eigenvalue weighted by Crippen LogP contribution is 2.31. The Labute approximate surface area is 172 Å². The zero-order chi connectivity index (χ0) is 21.1. The van der Waals surface area contributed by atoms with E-state index in [0.717, 1.165) is 0 Å². The molecule has 0 saturated carbocycles. The van der Waals surface area contributed by atoms with E-state index in [0.29, 0.717) is 23.7 Å². The van der Waals surface area contributed by atoms with Crippen molar-refractivity contribution >= 4 is 29.2 Å². The highest BCUT2D eigenvalue weighted by molar-refractivity contribution is 6.05. The molecule has 1 N–H and O–H groups in total. The molecule has 1 aromatic carbocycles. The number of esters is 1. The third-order valence-corrected chi connectivity index (χ3v) is 4.69. The van der Waals surface area contributed by atoms with Crippen LogP contribution in [0.5, 0.6) is 0 Å². The van der Waals surface area contributed by atoms with Crippen LogP contribution in [0.15, 0.2) is 59.3 Å². The van der Waals surface area contributed by atoms with Gasteiger partial charge >= 0.3 is 5.97 Å². The minimum absolute atomic E-state index is 0.00566. The van der Waals surface area contributed by atoms with Gasteiger partial charge in [-0.25, -0.2) is 4.79 Å². The fourth-order valence-corrected chi connectivity index (χ4v) is 3.36. The number of hydrogen-bond acceptors (Lipinski definition) is 6. The summed E-state index contributed by atoms with van der Waals surface area (Å²) < 4.78 is 12.3. The van der Waals surface area contributed by atoms with Crippen LogP contribution in [0.25, 0.3) is 0 Å². The van der Waals surface area contributed by atoms with Gasteiger partial charge in [-0.1, -0.05) is 12.1 Å². The highest BCUT2D eigenvalue weighted by Gasteiger charge is 2.30. The van der Waals surface area contributed by atoms with Crippen LogP contribution in [0, 0.1) is 0 Å². The summed E-state index contributed by atoms with van der Waals surface area (Å²) >= 11 is 0. The van der Waals surface area contributed by atoms with Crippen LogP contribution < -0.4 is 10.2 Å². The summed E-state index contributed by atoms with van der Waals surface area (Å²) in [5.41, 5.74) is 1.11. The number of carbonyl (C=O) groups is 3. The molecule has 0 radical (unpaired) electrons. The fraction of sp³-hybridized carbons (Fsp3) is 0.238. The first kappa shape index (κ1) is 19.4. The number of amides is 2. The Morgan fingerprint density at radius 2 is 2.07 bits per heavy atom. The van der Waals surface area contributed by atoms with E-state index in [9.17, 15) is 14.4 Å². The average Bonchev–Trinajstić information content (AvgIpc) is 3.37. The van der Waals surface area contributed by atoms with Gasteiger partial charge in [-0.2, -0.15) is 5.10 Å². The molecule has 0 fully saturated rings. The lowest BCUT2D eigenvalue weighted by Crippen LogP contribution is -2.41. The largest absolute Gasteiger partial charge is 0.452 e. The number of ether oxygens (including phenoxy) is 1. The molecule has 0 aliphatic carbocycles. The molecule has 1 atom stereocenters. The summed E-state index contributed by atoms with van der Waals surface area (Å²) in [5.74, 6) is -0.798. The minimum atomic E-state index is -0.736. The second-order valence-corrected chi connectivity index (χ2v) is 6.93. The first-order valence-corrected chi connectivity index (χ1v) is 9.45. The smallest absolute Gasteiger partial charge is 0.374 e. The van der Waals surface area contributed by atoms with Crippen molar-refractivity contribution in [2.75, 3.05) is 16.8 Å². The lowest BCUT2D eigenvalue weighted by Gasteiger charge is -2.27. The van der Waals surface area contributed by atoms with Crippen molar-refractivity contribution in [2.45, 2.75) is 25.9 Å². The molecule has 154 valence electrons. The summed E-state index contributed by atoms with van der Waals surface area (Å²) in [6.45, 7) is 1.68. The number of hydrogen-bond donors (Lipinski definition) is 1. The molecule has 0 saturated heterocycles. The van der Waals surface area contributed by atoms with Crippen molar-refractivity contribution < 1.29 is 23.5 Å². The van der Waals surface area contributed by atoms with Gasteiger partial charge in [-0.15, -0.1) is 0 Å². The molecule has 3 heterocycles. The molecular weight excluding hydrogens is 388 g/mol. The normalized spacial score (nSPS) is 15.8. The predicted octanol–water partition coefficient (Wildman–Crippen LogP) is 2.45. The Bertz CT molecular complexity index is 1070. The third-order valence-electron chi connectivity index (χ3n) is 4.69. The monoisotopic (exact) mass is 408 g/mol. The maximum Gasteiger partial charge on any atom is 0.374 e. The van der Waals surface area contributed by atoms with Crippen LogP contribution in [0.2, 0.25) is 0 Å². The van der Waals surface area contributed by atoms with Crippen molar-refractivity contribution in [3.8, 4) is 0 Å². The topological polar surface area (TPSA) is 107 Å². The van der Waals surface area contributed by atoms with Gasteiger partial charge in [0, 0.05) is 24.9 Å². The number of carbonyl (C=O) groups excluding carboxylic acids is 3. The lowest BCUT2D eigenvalue weighted by atomic mass is 10.1. The van der Waals surface area contributed by atoms with Gasteiger partial charge in [0.1, 0.15) is 5.76 Å². The zero-order valence-corrected chi connectivity index (χ0v) is 16.3. The molecule has 0 spiro atoms. The van der Waals surface area contributed by atoms with E-state index < -0.39 is 18.5 Å². The Balaban J connectivity index is 1.42. The number of nitrogens with zero attached hydrogens (tertiary/aromatic N) is 3. The first-order chi connectivity index (χ1) is 14.5. The van der Waals surface area contributed by atoms with E-state index in [4.69, 9.17) is 9.15 Å². The van der Waals surface area contributed by atoms with Crippen molar-refractivity contribution in [3.05, 3.63) is 66.4 Å². The fourth-order valence-electron chi connectivity index (χ4n) is 3.36. The Morgan fingerprint density at radius 1 is 1.23 bits per heavy atom. The molecule has 0 bridgehead atoms. The molecule has 3 aromatic rings. The van der Waals surface area contributed by atoms with Crippen LogP contribution in [-0.4, -0.2) is 40.2 Å².